The molecule has 1 unspecified atom stereocenters. The second kappa shape index (κ2) is 7.05. The van der Waals surface area contributed by atoms with Gasteiger partial charge in [0.25, 0.3) is 0 Å². The first-order chi connectivity index (χ1) is 8.88. The van der Waals surface area contributed by atoms with E-state index in [2.05, 4.69) is 0 Å². The van der Waals surface area contributed by atoms with Crippen LogP contribution in [-0.4, -0.2) is 78.1 Å². The van der Waals surface area contributed by atoms with Crippen molar-refractivity contribution < 1.29 is 24.2 Å². The van der Waals surface area contributed by atoms with Crippen LogP contribution in [0.2, 0.25) is 0 Å². The van der Waals surface area contributed by atoms with Gasteiger partial charge in [-0.1, -0.05) is 0 Å². The van der Waals surface area contributed by atoms with Crippen LogP contribution in [0.1, 0.15) is 6.92 Å². The molecule has 1 saturated heterocycles. The molecule has 0 aromatic rings. The van der Waals surface area contributed by atoms with Crippen LogP contribution >= 0.6 is 0 Å². The molecule has 3 N–H and O–H groups in total. The van der Waals surface area contributed by atoms with Crippen LogP contribution in [0.15, 0.2) is 0 Å². The fourth-order valence-corrected chi connectivity index (χ4v) is 1.92. The molecule has 0 aliphatic carbocycles. The summed E-state index contributed by atoms with van der Waals surface area (Å²) in [7, 11) is 0. The minimum absolute atomic E-state index is 0.0400. The number of nitrogens with two attached hydrogens (primary N) is 1. The van der Waals surface area contributed by atoms with Gasteiger partial charge in [0.05, 0.1) is 32.3 Å². The number of carbonyl (C=O) groups is 3. The summed E-state index contributed by atoms with van der Waals surface area (Å²) in [6, 6.07) is 0. The highest BCUT2D eigenvalue weighted by atomic mass is 16.5. The number of amides is 2. The van der Waals surface area contributed by atoms with E-state index in [9.17, 15) is 14.4 Å². The van der Waals surface area contributed by atoms with Gasteiger partial charge < -0.3 is 20.5 Å². The Morgan fingerprint density at radius 2 is 2.05 bits per heavy atom. The van der Waals surface area contributed by atoms with Crippen molar-refractivity contribution in [3.8, 4) is 0 Å². The van der Waals surface area contributed by atoms with Crippen LogP contribution in [0, 0.1) is 0 Å². The summed E-state index contributed by atoms with van der Waals surface area (Å²) in [4.78, 5) is 36.3. The molecule has 1 aliphatic rings. The molecule has 19 heavy (non-hydrogen) atoms. The number of primary amides is 1. The lowest BCUT2D eigenvalue weighted by molar-refractivity contribution is -0.142. The Hall–Kier alpha value is -1.67. The molecule has 0 aromatic carbocycles. The Morgan fingerprint density at radius 1 is 1.37 bits per heavy atom. The average molecular weight is 273 g/mol. The molecule has 0 spiro atoms. The zero-order valence-corrected chi connectivity index (χ0v) is 10.9. The molecule has 1 rings (SSSR count). The lowest BCUT2D eigenvalue weighted by atomic mass is 10.3. The van der Waals surface area contributed by atoms with Crippen molar-refractivity contribution in [1.82, 2.24) is 9.80 Å². The zero-order valence-electron chi connectivity index (χ0n) is 10.9. The average Bonchev–Trinajstić information content (AvgIpc) is 2.26. The first-order valence-corrected chi connectivity index (χ1v) is 6.00. The van der Waals surface area contributed by atoms with Gasteiger partial charge in [0.2, 0.25) is 11.8 Å². The van der Waals surface area contributed by atoms with Crippen LogP contribution in [-0.2, 0) is 19.1 Å². The number of hydrogen-bond acceptors (Lipinski definition) is 5. The first kappa shape index (κ1) is 15.4. The molecule has 8 nitrogen and oxygen atoms in total. The van der Waals surface area contributed by atoms with E-state index in [1.54, 1.807) is 4.90 Å². The Kier molecular flexibility index (Phi) is 5.71. The van der Waals surface area contributed by atoms with Crippen molar-refractivity contribution in [1.29, 1.82) is 0 Å². The monoisotopic (exact) mass is 273 g/mol. The smallest absolute Gasteiger partial charge is 0.317 e. The summed E-state index contributed by atoms with van der Waals surface area (Å²) < 4.78 is 5.32. The maximum atomic E-state index is 12.0. The van der Waals surface area contributed by atoms with Crippen LogP contribution < -0.4 is 5.73 Å². The molecule has 1 aliphatic heterocycles. The number of morpholine rings is 1. The zero-order chi connectivity index (χ0) is 14.4. The predicted octanol–water partition coefficient (Wildman–Crippen LogP) is -1.89. The quantitative estimate of drug-likeness (QED) is 0.585. The lowest BCUT2D eigenvalue weighted by Crippen LogP contribution is -2.50. The Balaban J connectivity index is 2.54. The largest absolute Gasteiger partial charge is 0.480 e. The number of carboxylic acid groups (broad SMARTS) is 1. The van der Waals surface area contributed by atoms with E-state index >= 15 is 0 Å². The van der Waals surface area contributed by atoms with Gasteiger partial charge in [-0.05, 0) is 6.92 Å². The summed E-state index contributed by atoms with van der Waals surface area (Å²) in [6.07, 6.45) is -0.0400. The fraction of sp³-hybridized carbons (Fsp3) is 0.727. The minimum Gasteiger partial charge on any atom is -0.480 e. The van der Waals surface area contributed by atoms with Gasteiger partial charge in [-0.2, -0.15) is 0 Å². The Labute approximate surface area is 111 Å². The standard InChI is InChI=1S/C11H19N3O5/c1-8-4-14(2-3-19-8)10(16)6-13(5-9(12)15)7-11(17)18/h8H,2-7H2,1H3,(H2,12,15)(H,17,18). The molecule has 1 heterocycles. The molecule has 1 fully saturated rings. The third-order valence-corrected chi connectivity index (χ3v) is 2.69. The van der Waals surface area contributed by atoms with Crippen molar-refractivity contribution in [2.24, 2.45) is 5.73 Å². The number of hydrogen-bond donors (Lipinski definition) is 2. The van der Waals surface area contributed by atoms with Crippen molar-refractivity contribution in [2.45, 2.75) is 13.0 Å². The third-order valence-electron chi connectivity index (χ3n) is 2.69. The summed E-state index contributed by atoms with van der Waals surface area (Å²) in [6.45, 7) is 2.48. The number of rotatable bonds is 6. The van der Waals surface area contributed by atoms with Gasteiger partial charge in [-0.25, -0.2) is 0 Å². The molecule has 8 heteroatoms. The van der Waals surface area contributed by atoms with Gasteiger partial charge in [0.15, 0.2) is 0 Å². The number of carboxylic acids is 1. The van der Waals surface area contributed by atoms with Gasteiger partial charge in [-0.3, -0.25) is 19.3 Å². The van der Waals surface area contributed by atoms with Crippen molar-refractivity contribution in [3.63, 3.8) is 0 Å². The molecule has 0 aromatic heterocycles. The van der Waals surface area contributed by atoms with Crippen LogP contribution in [0.3, 0.4) is 0 Å². The summed E-state index contributed by atoms with van der Waals surface area (Å²) in [5.41, 5.74) is 5.03. The molecular formula is C11H19N3O5. The van der Waals surface area contributed by atoms with Crippen molar-refractivity contribution >= 4 is 17.8 Å². The molecule has 0 saturated carbocycles. The molecule has 2 amide bonds. The topological polar surface area (TPSA) is 113 Å². The summed E-state index contributed by atoms with van der Waals surface area (Å²) >= 11 is 0. The Morgan fingerprint density at radius 3 is 2.58 bits per heavy atom. The third kappa shape index (κ3) is 5.66. The predicted molar refractivity (Wildman–Crippen MR) is 65.3 cm³/mol. The number of ether oxygens (including phenoxy) is 1. The van der Waals surface area contributed by atoms with E-state index in [1.165, 1.54) is 4.90 Å². The highest BCUT2D eigenvalue weighted by molar-refractivity contribution is 5.81. The number of nitrogens with zero attached hydrogens (tertiary/aromatic N) is 2. The second-order valence-corrected chi connectivity index (χ2v) is 4.53. The summed E-state index contributed by atoms with van der Waals surface area (Å²) in [5.74, 6) is -1.99. The fourth-order valence-electron chi connectivity index (χ4n) is 1.92. The maximum Gasteiger partial charge on any atom is 0.317 e. The van der Waals surface area contributed by atoms with Gasteiger partial charge in [-0.15, -0.1) is 0 Å². The van der Waals surface area contributed by atoms with E-state index in [0.717, 1.165) is 0 Å². The van der Waals surface area contributed by atoms with E-state index in [-0.39, 0.29) is 25.1 Å². The molecule has 108 valence electrons. The molecular weight excluding hydrogens is 254 g/mol. The highest BCUT2D eigenvalue weighted by Crippen LogP contribution is 2.05. The van der Waals surface area contributed by atoms with Crippen molar-refractivity contribution in [2.75, 3.05) is 39.3 Å². The highest BCUT2D eigenvalue weighted by Gasteiger charge is 2.24. The van der Waals surface area contributed by atoms with Crippen LogP contribution in [0.5, 0.6) is 0 Å². The summed E-state index contributed by atoms with van der Waals surface area (Å²) in [5, 5.41) is 8.72. The van der Waals surface area contributed by atoms with E-state index in [4.69, 9.17) is 15.6 Å². The van der Waals surface area contributed by atoms with Crippen LogP contribution in [0.4, 0.5) is 0 Å². The number of aliphatic carboxylic acids is 1. The van der Waals surface area contributed by atoms with Crippen molar-refractivity contribution in [3.05, 3.63) is 0 Å². The molecule has 0 radical (unpaired) electrons. The van der Waals surface area contributed by atoms with E-state index in [1.807, 2.05) is 6.92 Å². The van der Waals surface area contributed by atoms with Gasteiger partial charge >= 0.3 is 5.97 Å². The first-order valence-electron chi connectivity index (χ1n) is 6.00. The normalized spacial score (nSPS) is 19.5. The van der Waals surface area contributed by atoms with E-state index in [0.29, 0.717) is 19.7 Å². The van der Waals surface area contributed by atoms with E-state index < -0.39 is 18.4 Å². The maximum absolute atomic E-state index is 12.0. The minimum atomic E-state index is -1.11. The van der Waals surface area contributed by atoms with Crippen LogP contribution in [0.25, 0.3) is 0 Å². The lowest BCUT2D eigenvalue weighted by Gasteiger charge is -2.32. The van der Waals surface area contributed by atoms with Gasteiger partial charge in [0.1, 0.15) is 0 Å². The molecule has 0 bridgehead atoms. The molecule has 1 atom stereocenters. The second-order valence-electron chi connectivity index (χ2n) is 4.53. The van der Waals surface area contributed by atoms with Gasteiger partial charge in [0, 0.05) is 13.1 Å². The Bertz CT molecular complexity index is 344. The SMILES string of the molecule is CC1CN(C(=O)CN(CC(N)=O)CC(=O)O)CCO1. The number of carbonyl (C=O) groups excluding carboxylic acids is 2.